The van der Waals surface area contributed by atoms with Gasteiger partial charge in [-0.25, -0.2) is 9.78 Å². The molecule has 2 N–H and O–H groups in total. The Bertz CT molecular complexity index is 866. The third-order valence-corrected chi connectivity index (χ3v) is 3.33. The summed E-state index contributed by atoms with van der Waals surface area (Å²) < 4.78 is 6.26. The maximum Gasteiger partial charge on any atom is 0.339 e. The van der Waals surface area contributed by atoms with E-state index in [0.717, 1.165) is 0 Å². The van der Waals surface area contributed by atoms with Crippen LogP contribution in [0, 0.1) is 0 Å². The Labute approximate surface area is 126 Å². The topological polar surface area (TPSA) is 86.7 Å². The quantitative estimate of drug-likeness (QED) is 0.453. The first-order chi connectivity index (χ1) is 10.6. The van der Waals surface area contributed by atoms with E-state index in [1.54, 1.807) is 47.0 Å². The SMILES string of the molecule is COC(=O)c1ccc2ncc(C(=O)c3ccc(N)cc3)n2c1. The fourth-order valence-electron chi connectivity index (χ4n) is 2.17. The number of esters is 1. The van der Waals surface area contributed by atoms with Gasteiger partial charge in [-0.1, -0.05) is 0 Å². The minimum atomic E-state index is -0.471. The number of pyridine rings is 1. The highest BCUT2D eigenvalue weighted by atomic mass is 16.5. The van der Waals surface area contributed by atoms with Gasteiger partial charge in [0, 0.05) is 17.4 Å². The van der Waals surface area contributed by atoms with E-state index in [1.807, 2.05) is 0 Å². The summed E-state index contributed by atoms with van der Waals surface area (Å²) in [6, 6.07) is 9.90. The molecule has 110 valence electrons. The van der Waals surface area contributed by atoms with Gasteiger partial charge in [0.2, 0.25) is 5.78 Å². The summed E-state index contributed by atoms with van der Waals surface area (Å²) in [7, 11) is 1.31. The summed E-state index contributed by atoms with van der Waals surface area (Å²) in [5.74, 6) is -0.670. The Morgan fingerprint density at radius 1 is 1.09 bits per heavy atom. The standard InChI is InChI=1S/C16H13N3O3/c1-22-16(21)11-4-7-14-18-8-13(19(14)9-11)15(20)10-2-5-12(17)6-3-10/h2-9H,17H2,1H3. The Morgan fingerprint density at radius 2 is 1.77 bits per heavy atom. The lowest BCUT2D eigenvalue weighted by molar-refractivity contribution is 0.0600. The molecule has 0 saturated heterocycles. The molecular formula is C16H13N3O3. The van der Waals surface area contributed by atoms with Crippen LogP contribution in [0.25, 0.3) is 5.65 Å². The van der Waals surface area contributed by atoms with Crippen LogP contribution in [0.5, 0.6) is 0 Å². The fraction of sp³-hybridized carbons (Fsp3) is 0.0625. The van der Waals surface area contributed by atoms with Crippen LogP contribution in [-0.4, -0.2) is 28.2 Å². The van der Waals surface area contributed by atoms with E-state index in [2.05, 4.69) is 9.72 Å². The number of nitrogen functional groups attached to an aromatic ring is 1. The Hall–Kier alpha value is -3.15. The molecule has 1 aromatic carbocycles. The first-order valence-electron chi connectivity index (χ1n) is 6.56. The van der Waals surface area contributed by atoms with E-state index in [4.69, 9.17) is 5.73 Å². The van der Waals surface area contributed by atoms with Gasteiger partial charge in [0.25, 0.3) is 0 Å². The van der Waals surface area contributed by atoms with Gasteiger partial charge in [-0.05, 0) is 36.4 Å². The van der Waals surface area contributed by atoms with Crippen molar-refractivity contribution in [2.45, 2.75) is 0 Å². The minimum Gasteiger partial charge on any atom is -0.465 e. The Kier molecular flexibility index (Phi) is 3.34. The molecule has 0 aliphatic heterocycles. The Balaban J connectivity index is 2.08. The van der Waals surface area contributed by atoms with Crippen molar-refractivity contribution in [2.24, 2.45) is 0 Å². The zero-order chi connectivity index (χ0) is 15.7. The number of imidazole rings is 1. The zero-order valence-electron chi connectivity index (χ0n) is 11.8. The second kappa shape index (κ2) is 5.33. The third-order valence-electron chi connectivity index (χ3n) is 3.33. The third kappa shape index (κ3) is 2.31. The van der Waals surface area contributed by atoms with Gasteiger partial charge in [0.1, 0.15) is 11.3 Å². The predicted octanol–water partition coefficient (Wildman–Crippen LogP) is 1.93. The molecule has 0 atom stereocenters. The van der Waals surface area contributed by atoms with Crippen LogP contribution in [-0.2, 0) is 4.74 Å². The second-order valence-corrected chi connectivity index (χ2v) is 4.73. The number of aromatic nitrogens is 2. The molecule has 0 aliphatic carbocycles. The predicted molar refractivity (Wildman–Crippen MR) is 80.8 cm³/mol. The zero-order valence-corrected chi connectivity index (χ0v) is 11.8. The molecule has 0 saturated carbocycles. The molecular weight excluding hydrogens is 282 g/mol. The van der Waals surface area contributed by atoms with Crippen molar-refractivity contribution in [1.82, 2.24) is 9.38 Å². The molecule has 0 bridgehead atoms. The minimum absolute atomic E-state index is 0.200. The molecule has 0 aliphatic rings. The number of fused-ring (bicyclic) bond motifs is 1. The highest BCUT2D eigenvalue weighted by Crippen LogP contribution is 2.15. The molecule has 0 fully saturated rings. The van der Waals surface area contributed by atoms with Crippen molar-refractivity contribution < 1.29 is 14.3 Å². The lowest BCUT2D eigenvalue weighted by atomic mass is 10.1. The molecule has 6 nitrogen and oxygen atoms in total. The number of ketones is 1. The van der Waals surface area contributed by atoms with Gasteiger partial charge in [-0.2, -0.15) is 0 Å². The van der Waals surface area contributed by atoms with Gasteiger partial charge < -0.3 is 10.5 Å². The number of carbonyl (C=O) groups excluding carboxylic acids is 2. The van der Waals surface area contributed by atoms with Gasteiger partial charge in [0.05, 0.1) is 18.9 Å². The molecule has 6 heteroatoms. The maximum atomic E-state index is 12.6. The van der Waals surface area contributed by atoms with Crippen molar-refractivity contribution >= 4 is 23.1 Å². The van der Waals surface area contributed by atoms with Crippen LogP contribution < -0.4 is 5.73 Å². The highest BCUT2D eigenvalue weighted by molar-refractivity contribution is 6.08. The Morgan fingerprint density at radius 3 is 2.45 bits per heavy atom. The number of nitrogens with zero attached hydrogens (tertiary/aromatic N) is 2. The summed E-state index contributed by atoms with van der Waals surface area (Å²) in [6.45, 7) is 0. The van der Waals surface area contributed by atoms with E-state index < -0.39 is 5.97 Å². The van der Waals surface area contributed by atoms with Crippen molar-refractivity contribution in [3.63, 3.8) is 0 Å². The normalized spacial score (nSPS) is 10.6. The number of hydrogen-bond donors (Lipinski definition) is 1. The van der Waals surface area contributed by atoms with Gasteiger partial charge >= 0.3 is 5.97 Å². The van der Waals surface area contributed by atoms with E-state index in [-0.39, 0.29) is 5.78 Å². The maximum absolute atomic E-state index is 12.6. The monoisotopic (exact) mass is 295 g/mol. The van der Waals surface area contributed by atoms with E-state index in [9.17, 15) is 9.59 Å². The first kappa shape index (κ1) is 13.8. The van der Waals surface area contributed by atoms with Gasteiger partial charge in [-0.3, -0.25) is 9.20 Å². The largest absolute Gasteiger partial charge is 0.465 e. The van der Waals surface area contributed by atoms with Crippen LogP contribution in [0.2, 0.25) is 0 Å². The molecule has 2 aromatic heterocycles. The smallest absolute Gasteiger partial charge is 0.339 e. The van der Waals surface area contributed by atoms with Crippen LogP contribution in [0.1, 0.15) is 26.4 Å². The lowest BCUT2D eigenvalue weighted by Crippen LogP contribution is -2.08. The number of carbonyl (C=O) groups is 2. The van der Waals surface area contributed by atoms with Crippen molar-refractivity contribution in [1.29, 1.82) is 0 Å². The van der Waals surface area contributed by atoms with Gasteiger partial charge in [-0.15, -0.1) is 0 Å². The number of ether oxygens (including phenoxy) is 1. The van der Waals surface area contributed by atoms with Crippen molar-refractivity contribution in [2.75, 3.05) is 12.8 Å². The molecule has 3 rings (SSSR count). The lowest BCUT2D eigenvalue weighted by Gasteiger charge is -2.04. The summed E-state index contributed by atoms with van der Waals surface area (Å²) in [5, 5.41) is 0. The number of rotatable bonds is 3. The van der Waals surface area contributed by atoms with Crippen molar-refractivity contribution in [3.8, 4) is 0 Å². The molecule has 0 spiro atoms. The van der Waals surface area contributed by atoms with E-state index in [1.165, 1.54) is 13.3 Å². The second-order valence-electron chi connectivity index (χ2n) is 4.73. The summed E-state index contributed by atoms with van der Waals surface area (Å²) in [5.41, 5.74) is 8.00. The number of hydrogen-bond acceptors (Lipinski definition) is 5. The van der Waals surface area contributed by atoms with Gasteiger partial charge in [0.15, 0.2) is 0 Å². The van der Waals surface area contributed by atoms with Crippen LogP contribution in [0.15, 0.2) is 48.8 Å². The average molecular weight is 295 g/mol. The first-order valence-corrected chi connectivity index (χ1v) is 6.56. The number of nitrogens with two attached hydrogens (primary N) is 1. The number of anilines is 1. The molecule has 0 amide bonds. The molecule has 0 unspecified atom stereocenters. The number of methoxy groups -OCH3 is 1. The van der Waals surface area contributed by atoms with E-state index >= 15 is 0 Å². The van der Waals surface area contributed by atoms with E-state index in [0.29, 0.717) is 28.2 Å². The molecule has 22 heavy (non-hydrogen) atoms. The summed E-state index contributed by atoms with van der Waals surface area (Å²) in [4.78, 5) is 28.4. The highest BCUT2D eigenvalue weighted by Gasteiger charge is 2.16. The summed E-state index contributed by atoms with van der Waals surface area (Å²) in [6.07, 6.45) is 3.02. The number of benzene rings is 1. The van der Waals surface area contributed by atoms with Crippen LogP contribution >= 0.6 is 0 Å². The fourth-order valence-corrected chi connectivity index (χ4v) is 2.17. The van der Waals surface area contributed by atoms with Crippen LogP contribution in [0.4, 0.5) is 5.69 Å². The molecule has 0 radical (unpaired) electrons. The van der Waals surface area contributed by atoms with Crippen LogP contribution in [0.3, 0.4) is 0 Å². The summed E-state index contributed by atoms with van der Waals surface area (Å²) >= 11 is 0. The molecule has 2 heterocycles. The average Bonchev–Trinajstić information content (AvgIpc) is 2.97. The van der Waals surface area contributed by atoms with Crippen molar-refractivity contribution in [3.05, 3.63) is 65.6 Å². The molecule has 3 aromatic rings.